The second-order valence-electron chi connectivity index (χ2n) is 5.20. The van der Waals surface area contributed by atoms with Crippen LogP contribution in [0.15, 0.2) is 47.6 Å². The van der Waals surface area contributed by atoms with E-state index >= 15 is 0 Å². The number of rotatable bonds is 3. The molecule has 0 amide bonds. The molecular weight excluding hydrogens is 276 g/mol. The molecule has 0 aliphatic heterocycles. The van der Waals surface area contributed by atoms with Gasteiger partial charge in [0.1, 0.15) is 0 Å². The first-order valence-electron chi connectivity index (χ1n) is 6.10. The Bertz CT molecular complexity index is 550. The van der Waals surface area contributed by atoms with Crippen LogP contribution in [0.5, 0.6) is 0 Å². The van der Waals surface area contributed by atoms with Crippen molar-refractivity contribution in [2.75, 3.05) is 5.32 Å². The summed E-state index contributed by atoms with van der Waals surface area (Å²) in [5.74, 6) is 0. The van der Waals surface area contributed by atoms with Crippen LogP contribution in [-0.4, -0.2) is 9.73 Å². The topological polar surface area (TPSA) is 24.9 Å². The van der Waals surface area contributed by atoms with Crippen molar-refractivity contribution in [3.63, 3.8) is 0 Å². The van der Waals surface area contributed by atoms with E-state index in [-0.39, 0.29) is 4.75 Å². The van der Waals surface area contributed by atoms with Crippen molar-refractivity contribution in [3.8, 4) is 0 Å². The number of nitrogens with one attached hydrogen (secondary N) is 1. The maximum absolute atomic E-state index is 6.46. The molecule has 2 rings (SSSR count). The number of hydrogen-bond donors (Lipinski definition) is 1. The van der Waals surface area contributed by atoms with Crippen molar-refractivity contribution in [2.24, 2.45) is 0 Å². The van der Waals surface area contributed by atoms with Crippen LogP contribution in [-0.2, 0) is 0 Å². The predicted octanol–water partition coefficient (Wildman–Crippen LogP) is 5.37. The monoisotopic (exact) mass is 292 g/mol. The highest BCUT2D eigenvalue weighted by atomic mass is 35.5. The maximum atomic E-state index is 6.46. The molecule has 2 aromatic rings. The Balaban J connectivity index is 2.25. The molecule has 1 aromatic heterocycles. The van der Waals surface area contributed by atoms with E-state index in [9.17, 15) is 0 Å². The van der Waals surface area contributed by atoms with E-state index in [1.807, 2.05) is 30.3 Å². The van der Waals surface area contributed by atoms with Crippen LogP contribution < -0.4 is 5.32 Å². The molecule has 0 bridgehead atoms. The Kier molecular flexibility index (Phi) is 4.38. The molecule has 1 aromatic carbocycles. The van der Waals surface area contributed by atoms with Crippen LogP contribution >= 0.6 is 23.4 Å². The molecule has 0 unspecified atom stereocenters. The van der Waals surface area contributed by atoms with E-state index < -0.39 is 0 Å². The quantitative estimate of drug-likeness (QED) is 0.770. The minimum absolute atomic E-state index is 0.135. The van der Waals surface area contributed by atoms with Gasteiger partial charge in [0.25, 0.3) is 0 Å². The van der Waals surface area contributed by atoms with Gasteiger partial charge in [0.05, 0.1) is 22.6 Å². The minimum Gasteiger partial charge on any atom is -0.353 e. The van der Waals surface area contributed by atoms with Crippen molar-refractivity contribution in [3.05, 3.63) is 47.7 Å². The number of aromatic nitrogens is 1. The average Bonchev–Trinajstić information content (AvgIpc) is 2.34. The lowest BCUT2D eigenvalue weighted by molar-refractivity contribution is 0.803. The molecule has 0 atom stereocenters. The van der Waals surface area contributed by atoms with Gasteiger partial charge in [0.15, 0.2) is 0 Å². The number of anilines is 2. The number of nitrogens with zero attached hydrogens (tertiary/aromatic N) is 1. The van der Waals surface area contributed by atoms with Crippen LogP contribution in [0.2, 0.25) is 5.02 Å². The van der Waals surface area contributed by atoms with E-state index in [4.69, 9.17) is 11.6 Å². The molecule has 2 nitrogen and oxygen atoms in total. The highest BCUT2D eigenvalue weighted by molar-refractivity contribution is 8.00. The fraction of sp³-hybridized carbons (Fsp3) is 0.267. The van der Waals surface area contributed by atoms with Gasteiger partial charge in [-0.2, -0.15) is 0 Å². The van der Waals surface area contributed by atoms with E-state index in [1.165, 1.54) is 0 Å². The summed E-state index contributed by atoms with van der Waals surface area (Å²) < 4.78 is 0.135. The number of thioether (sulfide) groups is 1. The lowest BCUT2D eigenvalue weighted by atomic mass is 10.3. The molecular formula is C15H17ClN2S. The summed E-state index contributed by atoms with van der Waals surface area (Å²) in [5, 5.41) is 4.05. The number of pyridine rings is 1. The van der Waals surface area contributed by atoms with Crippen LogP contribution in [0.4, 0.5) is 11.4 Å². The largest absolute Gasteiger partial charge is 0.353 e. The van der Waals surface area contributed by atoms with Gasteiger partial charge in [0.2, 0.25) is 0 Å². The Morgan fingerprint density at radius 2 is 1.95 bits per heavy atom. The minimum atomic E-state index is 0.135. The van der Waals surface area contributed by atoms with Gasteiger partial charge >= 0.3 is 0 Å². The third-order valence-electron chi connectivity index (χ3n) is 2.32. The highest BCUT2D eigenvalue weighted by Crippen LogP contribution is 2.40. The van der Waals surface area contributed by atoms with Crippen LogP contribution in [0.1, 0.15) is 20.8 Å². The normalized spacial score (nSPS) is 11.4. The number of halogens is 1. The first-order valence-corrected chi connectivity index (χ1v) is 7.30. The summed E-state index contributed by atoms with van der Waals surface area (Å²) in [4.78, 5) is 5.17. The van der Waals surface area contributed by atoms with Crippen molar-refractivity contribution in [1.82, 2.24) is 4.98 Å². The summed E-state index contributed by atoms with van der Waals surface area (Å²) in [5.41, 5.74) is 1.84. The van der Waals surface area contributed by atoms with Crippen LogP contribution in [0.3, 0.4) is 0 Å². The van der Waals surface area contributed by atoms with E-state index in [0.717, 1.165) is 21.3 Å². The van der Waals surface area contributed by atoms with Gasteiger partial charge < -0.3 is 5.32 Å². The Morgan fingerprint density at radius 3 is 2.58 bits per heavy atom. The molecule has 1 heterocycles. The molecule has 0 spiro atoms. The molecule has 0 radical (unpaired) electrons. The molecule has 4 heteroatoms. The molecule has 0 aliphatic carbocycles. The molecule has 0 aliphatic rings. The molecule has 100 valence electrons. The molecule has 0 saturated carbocycles. The lowest BCUT2D eigenvalue weighted by Crippen LogP contribution is -2.07. The number of hydrogen-bond acceptors (Lipinski definition) is 3. The summed E-state index contributed by atoms with van der Waals surface area (Å²) in [6.07, 6.45) is 3.53. The van der Waals surface area contributed by atoms with E-state index in [2.05, 4.69) is 31.1 Å². The number of benzene rings is 1. The summed E-state index contributed by atoms with van der Waals surface area (Å²) in [6.45, 7) is 6.53. The fourth-order valence-corrected chi connectivity index (χ4v) is 2.90. The van der Waals surface area contributed by atoms with Gasteiger partial charge in [0, 0.05) is 15.8 Å². The zero-order valence-electron chi connectivity index (χ0n) is 11.3. The van der Waals surface area contributed by atoms with Gasteiger partial charge in [-0.3, -0.25) is 4.98 Å². The second-order valence-corrected chi connectivity index (χ2v) is 7.45. The lowest BCUT2D eigenvalue weighted by Gasteiger charge is -2.19. The third kappa shape index (κ3) is 4.15. The Labute approximate surface area is 123 Å². The molecule has 1 N–H and O–H groups in total. The van der Waals surface area contributed by atoms with Crippen molar-refractivity contribution in [2.45, 2.75) is 30.4 Å². The first kappa shape index (κ1) is 14.2. The van der Waals surface area contributed by atoms with Gasteiger partial charge in [-0.15, -0.1) is 11.8 Å². The zero-order valence-corrected chi connectivity index (χ0v) is 12.8. The predicted molar refractivity (Wildman–Crippen MR) is 84.6 cm³/mol. The maximum Gasteiger partial charge on any atom is 0.0776 e. The summed E-state index contributed by atoms with van der Waals surface area (Å²) in [6, 6.07) is 9.89. The second kappa shape index (κ2) is 5.85. The van der Waals surface area contributed by atoms with Crippen molar-refractivity contribution >= 4 is 34.7 Å². The van der Waals surface area contributed by atoms with Crippen LogP contribution in [0, 0.1) is 0 Å². The smallest absolute Gasteiger partial charge is 0.0776 e. The van der Waals surface area contributed by atoms with E-state index in [0.29, 0.717) is 0 Å². The third-order valence-corrected chi connectivity index (χ3v) is 4.01. The fourth-order valence-electron chi connectivity index (χ4n) is 1.61. The standard InChI is InChI=1S/C15H17ClN2S/c1-15(2,3)19-13-8-4-7-12(14(13)16)18-11-6-5-9-17-10-11/h4-10,18H,1-3H3. The van der Waals surface area contributed by atoms with Gasteiger partial charge in [-0.05, 0) is 24.3 Å². The van der Waals surface area contributed by atoms with Gasteiger partial charge in [-0.25, -0.2) is 0 Å². The summed E-state index contributed by atoms with van der Waals surface area (Å²) in [7, 11) is 0. The van der Waals surface area contributed by atoms with Gasteiger partial charge in [-0.1, -0.05) is 38.4 Å². The first-order chi connectivity index (χ1) is 8.96. The van der Waals surface area contributed by atoms with E-state index in [1.54, 1.807) is 24.2 Å². The zero-order chi connectivity index (χ0) is 13.9. The molecule has 19 heavy (non-hydrogen) atoms. The summed E-state index contributed by atoms with van der Waals surface area (Å²) >= 11 is 8.23. The average molecular weight is 293 g/mol. The SMILES string of the molecule is CC(C)(C)Sc1cccc(Nc2cccnc2)c1Cl. The van der Waals surface area contributed by atoms with Crippen molar-refractivity contribution < 1.29 is 0 Å². The molecule has 0 fully saturated rings. The molecule has 0 saturated heterocycles. The van der Waals surface area contributed by atoms with Crippen molar-refractivity contribution in [1.29, 1.82) is 0 Å². The Hall–Kier alpha value is -1.19. The van der Waals surface area contributed by atoms with Crippen LogP contribution in [0.25, 0.3) is 0 Å². The Morgan fingerprint density at radius 1 is 1.16 bits per heavy atom. The highest BCUT2D eigenvalue weighted by Gasteiger charge is 2.15.